The number of carboxylic acids is 1. The summed E-state index contributed by atoms with van der Waals surface area (Å²) < 4.78 is 36.9. The van der Waals surface area contributed by atoms with Crippen molar-refractivity contribution in [3.8, 4) is 0 Å². The lowest BCUT2D eigenvalue weighted by Gasteiger charge is -2.27. The van der Waals surface area contributed by atoms with Crippen LogP contribution in [0.4, 0.5) is 18.0 Å². The second-order valence-corrected chi connectivity index (χ2v) is 6.67. The molecule has 0 bridgehead atoms. The Labute approximate surface area is 159 Å². The number of alkyl halides is 3. The van der Waals surface area contributed by atoms with Crippen LogP contribution in [0.15, 0.2) is 0 Å². The van der Waals surface area contributed by atoms with Crippen LogP contribution in [0, 0.1) is 11.8 Å². The number of amides is 3. The van der Waals surface area contributed by atoms with E-state index in [0.717, 1.165) is 32.2 Å². The average Bonchev–Trinajstić information content (AvgIpc) is 2.62. The Kier molecular flexibility index (Phi) is 9.16. The molecule has 0 spiro atoms. The number of aliphatic carboxylic acids is 1. The van der Waals surface area contributed by atoms with Crippen molar-refractivity contribution in [1.82, 2.24) is 10.6 Å². The number of alkyl carbamates (subject to hydrolysis) is 1. The summed E-state index contributed by atoms with van der Waals surface area (Å²) in [6, 6.07) is -0.678. The molecular weight excluding hydrogens is 387 g/mol. The number of hydrogen-bond donors (Lipinski definition) is 4. The summed E-state index contributed by atoms with van der Waals surface area (Å²) in [4.78, 5) is 43.1. The Morgan fingerprint density at radius 3 is 2.14 bits per heavy atom. The van der Waals surface area contributed by atoms with Crippen LogP contribution in [-0.2, 0) is 19.1 Å². The maximum atomic E-state index is 11.7. The molecule has 0 aromatic heterocycles. The van der Waals surface area contributed by atoms with Crippen LogP contribution in [0.5, 0.6) is 0 Å². The zero-order valence-corrected chi connectivity index (χ0v) is 15.1. The molecule has 28 heavy (non-hydrogen) atoms. The summed E-state index contributed by atoms with van der Waals surface area (Å²) in [5.74, 6) is -2.55. The molecule has 12 heteroatoms. The van der Waals surface area contributed by atoms with E-state index in [0.29, 0.717) is 24.9 Å². The average molecular weight is 411 g/mol. The van der Waals surface area contributed by atoms with Gasteiger partial charge in [-0.25, -0.2) is 9.59 Å². The van der Waals surface area contributed by atoms with E-state index in [2.05, 4.69) is 10.6 Å². The molecule has 2 rings (SSSR count). The first kappa shape index (κ1) is 23.7. The monoisotopic (exact) mass is 411 g/mol. The first-order chi connectivity index (χ1) is 13.0. The first-order valence-corrected chi connectivity index (χ1v) is 8.80. The normalized spacial score (nSPS) is 25.1. The molecule has 0 aromatic rings. The van der Waals surface area contributed by atoms with Crippen molar-refractivity contribution in [3.05, 3.63) is 0 Å². The number of rotatable bonds is 4. The summed E-state index contributed by atoms with van der Waals surface area (Å²) in [7, 11) is 0. The fourth-order valence-electron chi connectivity index (χ4n) is 2.84. The van der Waals surface area contributed by atoms with E-state index in [9.17, 15) is 27.6 Å². The third-order valence-electron chi connectivity index (χ3n) is 4.52. The first-order valence-electron chi connectivity index (χ1n) is 8.80. The fourth-order valence-corrected chi connectivity index (χ4v) is 2.84. The van der Waals surface area contributed by atoms with Crippen LogP contribution in [0.3, 0.4) is 0 Å². The molecule has 0 radical (unpaired) electrons. The molecule has 9 nitrogen and oxygen atoms in total. The quantitative estimate of drug-likeness (QED) is 0.503. The van der Waals surface area contributed by atoms with Crippen molar-refractivity contribution < 1.29 is 42.2 Å². The number of nitrogens with two attached hydrogens (primary N) is 1. The second kappa shape index (κ2) is 10.8. The van der Waals surface area contributed by atoms with Crippen LogP contribution >= 0.6 is 0 Å². The van der Waals surface area contributed by atoms with Crippen LogP contribution in [0.25, 0.3) is 0 Å². The number of nitrogens with one attached hydrogen (secondary N) is 2. The van der Waals surface area contributed by atoms with Crippen LogP contribution < -0.4 is 16.4 Å². The van der Waals surface area contributed by atoms with Crippen LogP contribution in [0.2, 0.25) is 0 Å². The molecule has 2 fully saturated rings. The maximum Gasteiger partial charge on any atom is 0.490 e. The zero-order valence-electron chi connectivity index (χ0n) is 15.1. The second-order valence-electron chi connectivity index (χ2n) is 6.67. The highest BCUT2D eigenvalue weighted by Crippen LogP contribution is 2.28. The van der Waals surface area contributed by atoms with Gasteiger partial charge in [-0.15, -0.1) is 0 Å². The molecule has 1 aliphatic carbocycles. The number of ether oxygens (including phenoxy) is 1. The van der Waals surface area contributed by atoms with Gasteiger partial charge in [-0.2, -0.15) is 13.2 Å². The molecule has 1 unspecified atom stereocenters. The highest BCUT2D eigenvalue weighted by atomic mass is 19.4. The number of halogens is 3. The van der Waals surface area contributed by atoms with E-state index in [4.69, 9.17) is 20.4 Å². The molecule has 5 N–H and O–H groups in total. The lowest BCUT2D eigenvalue weighted by Crippen LogP contribution is -2.52. The number of carboxylic acid groups (broad SMARTS) is 1. The number of carbonyl (C=O) groups excluding carboxylic acids is 3. The molecule has 1 saturated carbocycles. The molecule has 0 aromatic carbocycles. The predicted molar refractivity (Wildman–Crippen MR) is 88.8 cm³/mol. The van der Waals surface area contributed by atoms with Crippen molar-refractivity contribution in [2.24, 2.45) is 17.6 Å². The van der Waals surface area contributed by atoms with E-state index in [1.54, 1.807) is 0 Å². The minimum absolute atomic E-state index is 0.236. The molecule has 2 aliphatic rings. The highest BCUT2D eigenvalue weighted by Gasteiger charge is 2.38. The Morgan fingerprint density at radius 1 is 1.14 bits per heavy atom. The summed E-state index contributed by atoms with van der Waals surface area (Å²) in [5.41, 5.74) is 5.64. The standard InChI is InChI=1S/C14H23N3O4.C2HF3O2/c15-7-9-1-3-10(4-2-9)8-21-14(20)16-11-5-6-12(18)17-13(11)19;3-2(4,5)1(6)7/h9-11H,1-8,15H2,(H,16,20)(H,17,18,19);(H,6,7). The minimum atomic E-state index is -5.08. The Hall–Kier alpha value is -2.37. The van der Waals surface area contributed by atoms with E-state index in [1.165, 1.54) is 0 Å². The van der Waals surface area contributed by atoms with Gasteiger partial charge in [-0.05, 0) is 50.5 Å². The van der Waals surface area contributed by atoms with E-state index in [1.807, 2.05) is 0 Å². The summed E-state index contributed by atoms with van der Waals surface area (Å²) >= 11 is 0. The van der Waals surface area contributed by atoms with Gasteiger partial charge in [0.15, 0.2) is 0 Å². The van der Waals surface area contributed by atoms with Gasteiger partial charge in [0.1, 0.15) is 6.04 Å². The van der Waals surface area contributed by atoms with Crippen LogP contribution in [0.1, 0.15) is 38.5 Å². The third-order valence-corrected chi connectivity index (χ3v) is 4.52. The fraction of sp³-hybridized carbons (Fsp3) is 0.750. The lowest BCUT2D eigenvalue weighted by atomic mass is 9.82. The van der Waals surface area contributed by atoms with Crippen LogP contribution in [-0.4, -0.2) is 54.4 Å². The predicted octanol–water partition coefficient (Wildman–Crippen LogP) is 0.916. The van der Waals surface area contributed by atoms with Crippen molar-refractivity contribution in [3.63, 3.8) is 0 Å². The number of piperidine rings is 1. The maximum absolute atomic E-state index is 11.7. The summed E-state index contributed by atoms with van der Waals surface area (Å²) in [5, 5.41) is 11.8. The van der Waals surface area contributed by atoms with Gasteiger partial charge < -0.3 is 20.9 Å². The number of imide groups is 1. The summed E-state index contributed by atoms with van der Waals surface area (Å²) in [6.07, 6.45) is -0.911. The van der Waals surface area contributed by atoms with E-state index in [-0.39, 0.29) is 12.3 Å². The zero-order chi connectivity index (χ0) is 21.3. The third kappa shape index (κ3) is 8.55. The molecule has 1 saturated heterocycles. The van der Waals surface area contributed by atoms with Gasteiger partial charge in [0, 0.05) is 6.42 Å². The topological polar surface area (TPSA) is 148 Å². The summed E-state index contributed by atoms with van der Waals surface area (Å²) in [6.45, 7) is 1.10. The molecule has 1 atom stereocenters. The lowest BCUT2D eigenvalue weighted by molar-refractivity contribution is -0.192. The smallest absolute Gasteiger partial charge is 0.475 e. The van der Waals surface area contributed by atoms with Crippen molar-refractivity contribution in [2.75, 3.05) is 13.2 Å². The van der Waals surface area contributed by atoms with Gasteiger partial charge in [-0.3, -0.25) is 14.9 Å². The molecule has 1 heterocycles. The van der Waals surface area contributed by atoms with Gasteiger partial charge in [-0.1, -0.05) is 0 Å². The van der Waals surface area contributed by atoms with E-state index >= 15 is 0 Å². The largest absolute Gasteiger partial charge is 0.490 e. The van der Waals surface area contributed by atoms with Gasteiger partial charge in [0.05, 0.1) is 6.61 Å². The number of hydrogen-bond acceptors (Lipinski definition) is 6. The Balaban J connectivity index is 0.000000480. The Morgan fingerprint density at radius 2 is 1.68 bits per heavy atom. The minimum Gasteiger partial charge on any atom is -0.475 e. The number of carbonyl (C=O) groups is 4. The van der Waals surface area contributed by atoms with Crippen molar-refractivity contribution >= 4 is 23.9 Å². The van der Waals surface area contributed by atoms with Gasteiger partial charge >= 0.3 is 18.2 Å². The molecule has 3 amide bonds. The SMILES string of the molecule is NCC1CCC(COC(=O)NC2CCC(=O)NC2=O)CC1.O=C(O)C(F)(F)F. The van der Waals surface area contributed by atoms with Gasteiger partial charge in [0.25, 0.3) is 0 Å². The Bertz CT molecular complexity index is 576. The van der Waals surface area contributed by atoms with Crippen molar-refractivity contribution in [2.45, 2.75) is 50.7 Å². The van der Waals surface area contributed by atoms with Crippen molar-refractivity contribution in [1.29, 1.82) is 0 Å². The molecule has 160 valence electrons. The van der Waals surface area contributed by atoms with Gasteiger partial charge in [0.2, 0.25) is 11.8 Å². The molecule has 1 aliphatic heterocycles. The highest BCUT2D eigenvalue weighted by molar-refractivity contribution is 6.01. The van der Waals surface area contributed by atoms with E-state index < -0.39 is 30.2 Å². The molecular formula is C16H24F3N3O6.